The summed E-state index contributed by atoms with van der Waals surface area (Å²) in [7, 11) is 0. The van der Waals surface area contributed by atoms with Crippen LogP contribution in [0.1, 0.15) is 17.7 Å². The molecule has 62 valence electrons. The molecular formula is C7H4F2N2O. The number of aromatic nitrogens is 1. The summed E-state index contributed by atoms with van der Waals surface area (Å²) in [5, 5.41) is 8.28. The van der Waals surface area contributed by atoms with E-state index in [1.807, 2.05) is 4.98 Å². The normalized spacial score (nSPS) is 9.83. The molecule has 0 aliphatic rings. The average molecular weight is 170 g/mol. The van der Waals surface area contributed by atoms with Crippen LogP contribution >= 0.6 is 0 Å². The number of halogens is 2. The molecule has 0 aromatic carbocycles. The van der Waals surface area contributed by atoms with Crippen LogP contribution in [0.4, 0.5) is 8.78 Å². The lowest BCUT2D eigenvalue weighted by molar-refractivity contribution is 0.149. The highest BCUT2D eigenvalue weighted by molar-refractivity contribution is 5.23. The van der Waals surface area contributed by atoms with Gasteiger partial charge in [0.1, 0.15) is 11.8 Å². The van der Waals surface area contributed by atoms with Gasteiger partial charge in [-0.3, -0.25) is 4.79 Å². The Hall–Kier alpha value is -1.70. The summed E-state index contributed by atoms with van der Waals surface area (Å²) in [4.78, 5) is 12.8. The van der Waals surface area contributed by atoms with Crippen molar-refractivity contribution in [1.82, 2.24) is 4.98 Å². The summed E-state index contributed by atoms with van der Waals surface area (Å²) in [6.45, 7) is 0. The topological polar surface area (TPSA) is 56.6 Å². The van der Waals surface area contributed by atoms with Gasteiger partial charge in [-0.1, -0.05) is 0 Å². The number of nitrogens with one attached hydrogen (secondary N) is 1. The molecule has 0 saturated heterocycles. The molecule has 0 aliphatic carbocycles. The van der Waals surface area contributed by atoms with Crippen molar-refractivity contribution in [2.75, 3.05) is 0 Å². The van der Waals surface area contributed by atoms with Crippen LogP contribution in [-0.4, -0.2) is 4.98 Å². The number of hydrogen-bond donors (Lipinski definition) is 1. The van der Waals surface area contributed by atoms with Crippen molar-refractivity contribution in [3.63, 3.8) is 0 Å². The van der Waals surface area contributed by atoms with Crippen LogP contribution in [-0.2, 0) is 0 Å². The molecule has 12 heavy (non-hydrogen) atoms. The smallest absolute Gasteiger partial charge is 0.269 e. The summed E-state index contributed by atoms with van der Waals surface area (Å²) in [6, 6.07) is 3.72. The first-order valence-corrected chi connectivity index (χ1v) is 3.06. The van der Waals surface area contributed by atoms with Crippen LogP contribution in [0.3, 0.4) is 0 Å². The maximum atomic E-state index is 12.0. The van der Waals surface area contributed by atoms with E-state index < -0.39 is 17.5 Å². The van der Waals surface area contributed by atoms with Gasteiger partial charge in [0.05, 0.1) is 5.56 Å². The van der Waals surface area contributed by atoms with Crippen molar-refractivity contribution in [1.29, 1.82) is 5.26 Å². The zero-order chi connectivity index (χ0) is 9.14. The second-order valence-electron chi connectivity index (χ2n) is 2.07. The largest absolute Gasteiger partial charge is 0.313 e. The Kier molecular flexibility index (Phi) is 2.19. The molecule has 0 aliphatic heterocycles. The van der Waals surface area contributed by atoms with Gasteiger partial charge in [-0.2, -0.15) is 5.26 Å². The number of H-pyrrole nitrogens is 1. The fourth-order valence-electron chi connectivity index (χ4n) is 0.722. The van der Waals surface area contributed by atoms with E-state index in [1.54, 1.807) is 6.07 Å². The number of nitriles is 1. The molecule has 1 N–H and O–H groups in total. The number of rotatable bonds is 1. The Labute approximate surface area is 66.3 Å². The Balaban J connectivity index is 3.24. The molecule has 1 aromatic rings. The van der Waals surface area contributed by atoms with E-state index in [2.05, 4.69) is 0 Å². The fraction of sp³-hybridized carbons (Fsp3) is 0.143. The van der Waals surface area contributed by atoms with Crippen LogP contribution in [0.15, 0.2) is 16.9 Å². The molecule has 0 unspecified atom stereocenters. The van der Waals surface area contributed by atoms with Crippen molar-refractivity contribution in [3.05, 3.63) is 33.7 Å². The fourth-order valence-corrected chi connectivity index (χ4v) is 0.722. The van der Waals surface area contributed by atoms with Gasteiger partial charge < -0.3 is 4.98 Å². The van der Waals surface area contributed by atoms with E-state index in [-0.39, 0.29) is 5.69 Å². The third kappa shape index (κ3) is 1.48. The maximum Gasteiger partial charge on any atom is 0.269 e. The highest BCUT2D eigenvalue weighted by Crippen LogP contribution is 2.13. The zero-order valence-electron chi connectivity index (χ0n) is 5.84. The molecule has 0 atom stereocenters. The molecular weight excluding hydrogens is 166 g/mol. The number of hydrogen-bond acceptors (Lipinski definition) is 2. The van der Waals surface area contributed by atoms with Gasteiger partial charge in [-0.15, -0.1) is 0 Å². The van der Waals surface area contributed by atoms with Crippen LogP contribution in [0.5, 0.6) is 0 Å². The van der Waals surface area contributed by atoms with Gasteiger partial charge in [0.2, 0.25) is 0 Å². The van der Waals surface area contributed by atoms with Gasteiger partial charge >= 0.3 is 0 Å². The summed E-state index contributed by atoms with van der Waals surface area (Å²) in [5.74, 6) is 0. The molecule has 1 heterocycles. The van der Waals surface area contributed by atoms with Crippen molar-refractivity contribution in [3.8, 4) is 6.07 Å². The first-order valence-electron chi connectivity index (χ1n) is 3.06. The Morgan fingerprint density at radius 2 is 2.17 bits per heavy atom. The number of nitrogens with zero attached hydrogens (tertiary/aromatic N) is 1. The third-order valence-electron chi connectivity index (χ3n) is 1.30. The highest BCUT2D eigenvalue weighted by Gasteiger charge is 2.11. The summed E-state index contributed by atoms with van der Waals surface area (Å²) < 4.78 is 23.9. The van der Waals surface area contributed by atoms with E-state index in [1.165, 1.54) is 0 Å². The van der Waals surface area contributed by atoms with E-state index in [0.717, 1.165) is 12.1 Å². The molecule has 0 saturated carbocycles. The average Bonchev–Trinajstić information content (AvgIpc) is 2.03. The molecule has 0 bridgehead atoms. The number of alkyl halides is 2. The third-order valence-corrected chi connectivity index (χ3v) is 1.30. The van der Waals surface area contributed by atoms with Crippen molar-refractivity contribution >= 4 is 0 Å². The predicted molar refractivity (Wildman–Crippen MR) is 36.7 cm³/mol. The summed E-state index contributed by atoms with van der Waals surface area (Å²) in [5.41, 5.74) is -1.55. The van der Waals surface area contributed by atoms with Crippen LogP contribution in [0.2, 0.25) is 0 Å². The summed E-state index contributed by atoms with van der Waals surface area (Å²) >= 11 is 0. The molecule has 0 amide bonds. The minimum atomic E-state index is -2.80. The lowest BCUT2D eigenvalue weighted by Crippen LogP contribution is -2.13. The van der Waals surface area contributed by atoms with E-state index >= 15 is 0 Å². The molecule has 3 nitrogen and oxygen atoms in total. The first kappa shape index (κ1) is 8.40. The molecule has 5 heteroatoms. The van der Waals surface area contributed by atoms with Crippen molar-refractivity contribution in [2.45, 2.75) is 6.43 Å². The monoisotopic (exact) mass is 170 g/mol. The van der Waals surface area contributed by atoms with Gasteiger partial charge in [-0.25, -0.2) is 8.78 Å². The zero-order valence-corrected chi connectivity index (χ0v) is 5.84. The van der Waals surface area contributed by atoms with Crippen LogP contribution in [0, 0.1) is 11.3 Å². The van der Waals surface area contributed by atoms with Crippen molar-refractivity contribution in [2.24, 2.45) is 0 Å². The van der Waals surface area contributed by atoms with Crippen LogP contribution in [0.25, 0.3) is 0 Å². The Bertz CT molecular complexity index is 378. The first-order chi connectivity index (χ1) is 5.65. The van der Waals surface area contributed by atoms with E-state index in [9.17, 15) is 13.6 Å². The predicted octanol–water partition coefficient (Wildman–Crippen LogP) is 1.18. The number of pyridine rings is 1. The molecule has 0 radical (unpaired) electrons. The molecule has 0 spiro atoms. The van der Waals surface area contributed by atoms with Crippen molar-refractivity contribution < 1.29 is 8.78 Å². The molecule has 1 rings (SSSR count). The lowest BCUT2D eigenvalue weighted by Gasteiger charge is -1.96. The second kappa shape index (κ2) is 3.13. The number of aromatic amines is 1. The van der Waals surface area contributed by atoms with Gasteiger partial charge in [0, 0.05) is 0 Å². The summed E-state index contributed by atoms with van der Waals surface area (Å²) in [6.07, 6.45) is -2.80. The maximum absolute atomic E-state index is 12.0. The minimum Gasteiger partial charge on any atom is -0.313 e. The molecule has 1 aromatic heterocycles. The Morgan fingerprint density at radius 3 is 2.58 bits per heavy atom. The molecule has 0 fully saturated rings. The van der Waals surface area contributed by atoms with Gasteiger partial charge in [0.15, 0.2) is 0 Å². The van der Waals surface area contributed by atoms with Gasteiger partial charge in [-0.05, 0) is 12.1 Å². The Morgan fingerprint density at radius 1 is 1.50 bits per heavy atom. The van der Waals surface area contributed by atoms with E-state index in [0.29, 0.717) is 0 Å². The lowest BCUT2D eigenvalue weighted by atomic mass is 10.2. The van der Waals surface area contributed by atoms with Gasteiger partial charge in [0.25, 0.3) is 12.0 Å². The minimum absolute atomic E-state index is 0.0237. The highest BCUT2D eigenvalue weighted by atomic mass is 19.3. The second-order valence-corrected chi connectivity index (χ2v) is 2.07. The van der Waals surface area contributed by atoms with Crippen LogP contribution < -0.4 is 5.56 Å². The standard InChI is InChI=1S/C7H4F2N2O/c8-6(9)5-2-1-4(3-10)11-7(5)12/h1-2,6H,(H,11,12). The SMILES string of the molecule is N#Cc1ccc(C(F)F)c(=O)[nH]1. The van der Waals surface area contributed by atoms with E-state index in [4.69, 9.17) is 5.26 Å². The quantitative estimate of drug-likeness (QED) is 0.688.